The molecule has 164 valence electrons. The van der Waals surface area contributed by atoms with Crippen LogP contribution in [0.2, 0.25) is 0 Å². The summed E-state index contributed by atoms with van der Waals surface area (Å²) in [6.07, 6.45) is 0. The molecule has 0 amide bonds. The zero-order valence-electron chi connectivity index (χ0n) is 18.7. The van der Waals surface area contributed by atoms with E-state index in [2.05, 4.69) is 59.5 Å². The van der Waals surface area contributed by atoms with Gasteiger partial charge in [0.15, 0.2) is 17.3 Å². The SMILES string of the molecule is O=C1c2ccccc2C2(c3ccccc31)c1ccccc1N1c3ccccc3Oc3cccc2c31. The Balaban J connectivity index is 1.60. The van der Waals surface area contributed by atoms with Crippen LogP contribution in [-0.4, -0.2) is 5.78 Å². The molecule has 0 saturated carbocycles. The Bertz CT molecular complexity index is 1670. The number of anilines is 3. The summed E-state index contributed by atoms with van der Waals surface area (Å²) in [5.74, 6) is 1.73. The van der Waals surface area contributed by atoms with Crippen molar-refractivity contribution in [1.82, 2.24) is 0 Å². The molecule has 2 heterocycles. The molecule has 0 atom stereocenters. The average molecular weight is 450 g/mol. The zero-order chi connectivity index (χ0) is 23.1. The molecule has 0 aromatic heterocycles. The standard InChI is InChI=1S/C32H19NO2/c34-31-20-10-1-3-12-22(20)32(23-13-4-2-11-21(23)31)24-14-5-6-16-26(24)33-27-17-7-8-18-28(27)35-29-19-9-15-25(32)30(29)33/h1-19H. The van der Waals surface area contributed by atoms with Gasteiger partial charge in [0.2, 0.25) is 0 Å². The number of ether oxygens (including phenoxy) is 1. The summed E-state index contributed by atoms with van der Waals surface area (Å²) in [7, 11) is 0. The number of ketones is 1. The Morgan fingerprint density at radius 3 is 1.80 bits per heavy atom. The monoisotopic (exact) mass is 449 g/mol. The first-order valence-electron chi connectivity index (χ1n) is 11.8. The average Bonchev–Trinajstić information content (AvgIpc) is 2.92. The summed E-state index contributed by atoms with van der Waals surface area (Å²) in [5.41, 5.74) is 8.33. The molecular weight excluding hydrogens is 430 g/mol. The molecule has 0 saturated heterocycles. The first kappa shape index (κ1) is 18.8. The molecule has 5 aromatic carbocycles. The number of carbonyl (C=O) groups is 1. The van der Waals surface area contributed by atoms with Gasteiger partial charge in [-0.15, -0.1) is 0 Å². The number of fused-ring (bicyclic) bond motifs is 10. The van der Waals surface area contributed by atoms with E-state index >= 15 is 0 Å². The summed E-state index contributed by atoms with van der Waals surface area (Å²) < 4.78 is 6.46. The molecule has 35 heavy (non-hydrogen) atoms. The van der Waals surface area contributed by atoms with Crippen LogP contribution in [0.4, 0.5) is 17.1 Å². The van der Waals surface area contributed by atoms with Crippen LogP contribution >= 0.6 is 0 Å². The minimum absolute atomic E-state index is 0.0770. The van der Waals surface area contributed by atoms with Crippen molar-refractivity contribution < 1.29 is 9.53 Å². The fraction of sp³-hybridized carbons (Fsp3) is 0.0312. The van der Waals surface area contributed by atoms with Gasteiger partial charge in [0.05, 0.1) is 22.5 Å². The Labute approximate surface area is 202 Å². The van der Waals surface area contributed by atoms with Crippen LogP contribution < -0.4 is 9.64 Å². The summed E-state index contributed by atoms with van der Waals surface area (Å²) >= 11 is 0. The van der Waals surface area contributed by atoms with Crippen LogP contribution in [0, 0.1) is 0 Å². The number of carbonyl (C=O) groups excluding carboxylic acids is 1. The highest BCUT2D eigenvalue weighted by atomic mass is 16.5. The molecule has 1 spiro atoms. The molecule has 0 N–H and O–H groups in total. The van der Waals surface area contributed by atoms with Gasteiger partial charge in [0.25, 0.3) is 0 Å². The Morgan fingerprint density at radius 1 is 0.514 bits per heavy atom. The van der Waals surface area contributed by atoms with Crippen LogP contribution in [0.3, 0.4) is 0 Å². The van der Waals surface area contributed by atoms with Crippen LogP contribution in [-0.2, 0) is 5.41 Å². The van der Waals surface area contributed by atoms with E-state index < -0.39 is 5.41 Å². The highest BCUT2D eigenvalue weighted by Gasteiger charge is 2.53. The van der Waals surface area contributed by atoms with Gasteiger partial charge in [-0.25, -0.2) is 0 Å². The lowest BCUT2D eigenvalue weighted by atomic mass is 9.57. The van der Waals surface area contributed by atoms with E-state index in [1.165, 1.54) is 0 Å². The van der Waals surface area contributed by atoms with Crippen LogP contribution in [0.25, 0.3) is 0 Å². The van der Waals surface area contributed by atoms with E-state index in [-0.39, 0.29) is 5.78 Å². The van der Waals surface area contributed by atoms with Crippen LogP contribution in [0.15, 0.2) is 115 Å². The van der Waals surface area contributed by atoms with Crippen molar-refractivity contribution >= 4 is 22.8 Å². The molecule has 3 heteroatoms. The highest BCUT2D eigenvalue weighted by molar-refractivity contribution is 6.15. The van der Waals surface area contributed by atoms with Crippen molar-refractivity contribution in [1.29, 1.82) is 0 Å². The second-order valence-electron chi connectivity index (χ2n) is 9.24. The minimum atomic E-state index is -0.644. The summed E-state index contributed by atoms with van der Waals surface area (Å²) in [6.45, 7) is 0. The number of hydrogen-bond acceptors (Lipinski definition) is 3. The normalized spacial score (nSPS) is 15.3. The lowest BCUT2D eigenvalue weighted by Gasteiger charge is -2.50. The summed E-state index contributed by atoms with van der Waals surface area (Å²) in [4.78, 5) is 16.0. The Hall–Kier alpha value is -4.63. The molecule has 0 radical (unpaired) electrons. The van der Waals surface area contributed by atoms with E-state index in [1.807, 2.05) is 60.7 Å². The molecule has 1 aliphatic carbocycles. The van der Waals surface area contributed by atoms with E-state index in [1.54, 1.807) is 0 Å². The van der Waals surface area contributed by atoms with Gasteiger partial charge in [-0.3, -0.25) is 4.79 Å². The van der Waals surface area contributed by atoms with Crippen molar-refractivity contribution in [3.05, 3.63) is 149 Å². The van der Waals surface area contributed by atoms with Gasteiger partial charge in [-0.2, -0.15) is 0 Å². The Morgan fingerprint density at radius 2 is 1.06 bits per heavy atom. The lowest BCUT2D eigenvalue weighted by molar-refractivity contribution is 0.103. The van der Waals surface area contributed by atoms with Crippen LogP contribution in [0.5, 0.6) is 11.5 Å². The fourth-order valence-electron chi connectivity index (χ4n) is 6.37. The molecule has 3 nitrogen and oxygen atoms in total. The van der Waals surface area contributed by atoms with E-state index in [0.29, 0.717) is 0 Å². The summed E-state index contributed by atoms with van der Waals surface area (Å²) in [5, 5.41) is 0. The lowest BCUT2D eigenvalue weighted by Crippen LogP contribution is -2.42. The Kier molecular flexibility index (Phi) is 3.48. The predicted molar refractivity (Wildman–Crippen MR) is 136 cm³/mol. The molecule has 0 bridgehead atoms. The molecule has 0 fully saturated rings. The van der Waals surface area contributed by atoms with Gasteiger partial charge in [-0.1, -0.05) is 91.0 Å². The number of hydrogen-bond donors (Lipinski definition) is 0. The maximum atomic E-state index is 13.7. The third kappa shape index (κ3) is 2.14. The van der Waals surface area contributed by atoms with E-state index in [9.17, 15) is 4.79 Å². The maximum Gasteiger partial charge on any atom is 0.193 e. The third-order valence-electron chi connectivity index (χ3n) is 7.65. The maximum absolute atomic E-state index is 13.7. The molecule has 8 rings (SSSR count). The molecular formula is C32H19NO2. The van der Waals surface area contributed by atoms with Gasteiger partial charge in [0.1, 0.15) is 0 Å². The molecule has 2 aliphatic heterocycles. The second-order valence-corrected chi connectivity index (χ2v) is 9.24. The predicted octanol–water partition coefficient (Wildman–Crippen LogP) is 7.50. The van der Waals surface area contributed by atoms with Gasteiger partial charge in [-0.05, 0) is 46.5 Å². The number of benzene rings is 5. The van der Waals surface area contributed by atoms with E-state index in [0.717, 1.165) is 61.9 Å². The molecule has 3 aliphatic rings. The second kappa shape index (κ2) is 6.49. The largest absolute Gasteiger partial charge is 0.453 e. The highest BCUT2D eigenvalue weighted by Crippen LogP contribution is 2.64. The number of para-hydroxylation sites is 4. The molecule has 5 aromatic rings. The van der Waals surface area contributed by atoms with Crippen molar-refractivity contribution in [2.45, 2.75) is 5.41 Å². The van der Waals surface area contributed by atoms with Gasteiger partial charge < -0.3 is 9.64 Å². The smallest absolute Gasteiger partial charge is 0.193 e. The summed E-state index contributed by atoms with van der Waals surface area (Å²) in [6, 6.07) is 39.2. The van der Waals surface area contributed by atoms with Crippen molar-refractivity contribution in [3.8, 4) is 11.5 Å². The first-order valence-corrected chi connectivity index (χ1v) is 11.8. The fourth-order valence-corrected chi connectivity index (χ4v) is 6.37. The van der Waals surface area contributed by atoms with Crippen molar-refractivity contribution in [2.24, 2.45) is 0 Å². The number of nitrogens with zero attached hydrogens (tertiary/aromatic N) is 1. The zero-order valence-corrected chi connectivity index (χ0v) is 18.7. The van der Waals surface area contributed by atoms with Gasteiger partial charge >= 0.3 is 0 Å². The van der Waals surface area contributed by atoms with Crippen LogP contribution in [0.1, 0.15) is 38.2 Å². The van der Waals surface area contributed by atoms with Gasteiger partial charge in [0, 0.05) is 11.1 Å². The topological polar surface area (TPSA) is 29.5 Å². The first-order chi connectivity index (χ1) is 17.3. The molecule has 0 unspecified atom stereocenters. The quantitative estimate of drug-likeness (QED) is 0.240. The minimum Gasteiger partial charge on any atom is -0.453 e. The third-order valence-corrected chi connectivity index (χ3v) is 7.65. The van der Waals surface area contributed by atoms with Crippen molar-refractivity contribution in [2.75, 3.05) is 4.90 Å². The van der Waals surface area contributed by atoms with E-state index in [4.69, 9.17) is 4.74 Å². The number of rotatable bonds is 0. The van der Waals surface area contributed by atoms with Crippen molar-refractivity contribution in [3.63, 3.8) is 0 Å².